The van der Waals surface area contributed by atoms with Gasteiger partial charge in [0, 0.05) is 13.1 Å². The van der Waals surface area contributed by atoms with Gasteiger partial charge in [-0.05, 0) is 30.4 Å². The molecule has 0 unspecified atom stereocenters. The van der Waals surface area contributed by atoms with E-state index in [2.05, 4.69) is 16.0 Å². The normalized spacial score (nSPS) is 12.3. The Balaban J connectivity index is 1.85. The molecule has 6 N–H and O–H groups in total. The van der Waals surface area contributed by atoms with Gasteiger partial charge < -0.3 is 31.5 Å². The summed E-state index contributed by atoms with van der Waals surface area (Å²) in [4.78, 5) is 35.1. The van der Waals surface area contributed by atoms with Crippen molar-refractivity contribution in [3.63, 3.8) is 0 Å². The molecular weight excluding hydrogens is 412 g/mol. The number of ether oxygens (including phenoxy) is 1. The maximum Gasteiger partial charge on any atom is 0.407 e. The zero-order chi connectivity index (χ0) is 23.2. The van der Waals surface area contributed by atoms with Gasteiger partial charge in [0.25, 0.3) is 0 Å². The molecule has 2 aromatic rings. The van der Waals surface area contributed by atoms with Crippen LogP contribution in [-0.2, 0) is 22.6 Å². The third kappa shape index (κ3) is 9.94. The molecule has 0 aliphatic carbocycles. The molecule has 0 heterocycles. The minimum atomic E-state index is -1.11. The van der Waals surface area contributed by atoms with E-state index in [0.717, 1.165) is 11.1 Å². The first-order chi connectivity index (χ1) is 15.4. The van der Waals surface area contributed by atoms with Crippen molar-refractivity contribution in [3.8, 4) is 0 Å². The quantitative estimate of drug-likeness (QED) is 0.318. The molecule has 0 aromatic heterocycles. The van der Waals surface area contributed by atoms with Gasteiger partial charge in [0.1, 0.15) is 6.61 Å². The van der Waals surface area contributed by atoms with E-state index in [1.165, 1.54) is 0 Å². The smallest absolute Gasteiger partial charge is 0.407 e. The van der Waals surface area contributed by atoms with E-state index in [4.69, 9.17) is 15.6 Å². The second-order valence-corrected chi connectivity index (χ2v) is 7.32. The summed E-state index contributed by atoms with van der Waals surface area (Å²) < 4.78 is 5.29. The molecule has 2 rings (SSSR count). The molecule has 9 nitrogen and oxygen atoms in total. The third-order valence-electron chi connectivity index (χ3n) is 4.69. The zero-order valence-electron chi connectivity index (χ0n) is 17.8. The van der Waals surface area contributed by atoms with Gasteiger partial charge in [-0.1, -0.05) is 60.7 Å². The van der Waals surface area contributed by atoms with Gasteiger partial charge in [-0.2, -0.15) is 0 Å². The molecule has 2 atom stereocenters. The SMILES string of the molecule is N[C@H](CCCNC(=O)O)C(=O)NC[C@@H](Cc1ccccc1)NC(=O)OCc1ccccc1. The van der Waals surface area contributed by atoms with Gasteiger partial charge in [-0.25, -0.2) is 9.59 Å². The van der Waals surface area contributed by atoms with Crippen molar-refractivity contribution in [3.05, 3.63) is 71.8 Å². The summed E-state index contributed by atoms with van der Waals surface area (Å²) in [5.74, 6) is -0.363. The predicted octanol–water partition coefficient (Wildman–Crippen LogP) is 2.02. The Hall–Kier alpha value is -3.59. The van der Waals surface area contributed by atoms with Gasteiger partial charge in [0.05, 0.1) is 12.1 Å². The van der Waals surface area contributed by atoms with Crippen molar-refractivity contribution in [1.29, 1.82) is 0 Å². The summed E-state index contributed by atoms with van der Waals surface area (Å²) in [5, 5.41) is 16.4. The van der Waals surface area contributed by atoms with E-state index in [1.54, 1.807) is 0 Å². The Kier molecular flexibility index (Phi) is 10.5. The molecule has 0 aliphatic heterocycles. The largest absolute Gasteiger partial charge is 0.465 e. The maximum absolute atomic E-state index is 12.3. The number of amides is 3. The fourth-order valence-corrected chi connectivity index (χ4v) is 3.01. The highest BCUT2D eigenvalue weighted by molar-refractivity contribution is 5.81. The fourth-order valence-electron chi connectivity index (χ4n) is 3.01. The number of carboxylic acid groups (broad SMARTS) is 1. The Morgan fingerprint density at radius 1 is 0.938 bits per heavy atom. The highest BCUT2D eigenvalue weighted by Crippen LogP contribution is 2.05. The number of nitrogens with two attached hydrogens (primary N) is 1. The van der Waals surface area contributed by atoms with Crippen LogP contribution in [0.1, 0.15) is 24.0 Å². The molecule has 172 valence electrons. The molecule has 0 aliphatic rings. The summed E-state index contributed by atoms with van der Waals surface area (Å²) >= 11 is 0. The number of nitrogens with one attached hydrogen (secondary N) is 3. The lowest BCUT2D eigenvalue weighted by Gasteiger charge is -2.21. The summed E-state index contributed by atoms with van der Waals surface area (Å²) in [5.41, 5.74) is 7.76. The molecule has 9 heteroatoms. The highest BCUT2D eigenvalue weighted by Gasteiger charge is 2.18. The summed E-state index contributed by atoms with van der Waals surface area (Å²) in [6.45, 7) is 0.545. The molecule has 0 saturated carbocycles. The molecule has 0 bridgehead atoms. The Morgan fingerprint density at radius 3 is 2.19 bits per heavy atom. The Labute approximate surface area is 187 Å². The van der Waals surface area contributed by atoms with Crippen molar-refractivity contribution >= 4 is 18.1 Å². The molecule has 0 radical (unpaired) electrons. The van der Waals surface area contributed by atoms with E-state index in [1.807, 2.05) is 60.7 Å². The van der Waals surface area contributed by atoms with Gasteiger partial charge in [0.2, 0.25) is 5.91 Å². The molecule has 0 saturated heterocycles. The van der Waals surface area contributed by atoms with E-state index < -0.39 is 24.3 Å². The fraction of sp³-hybridized carbons (Fsp3) is 0.348. The lowest BCUT2D eigenvalue weighted by molar-refractivity contribution is -0.122. The monoisotopic (exact) mass is 442 g/mol. The van der Waals surface area contributed by atoms with Crippen LogP contribution < -0.4 is 21.7 Å². The van der Waals surface area contributed by atoms with E-state index in [0.29, 0.717) is 19.3 Å². The van der Waals surface area contributed by atoms with Crippen LogP contribution in [0, 0.1) is 0 Å². The maximum atomic E-state index is 12.3. The molecule has 0 spiro atoms. The van der Waals surface area contributed by atoms with Crippen molar-refractivity contribution < 1.29 is 24.2 Å². The van der Waals surface area contributed by atoms with Crippen LogP contribution >= 0.6 is 0 Å². The van der Waals surface area contributed by atoms with Crippen LogP contribution in [0.2, 0.25) is 0 Å². The molecule has 32 heavy (non-hydrogen) atoms. The number of benzene rings is 2. The van der Waals surface area contributed by atoms with Gasteiger partial charge >= 0.3 is 12.2 Å². The Morgan fingerprint density at radius 2 is 1.56 bits per heavy atom. The van der Waals surface area contributed by atoms with Crippen LogP contribution in [0.15, 0.2) is 60.7 Å². The number of carbonyl (C=O) groups excluding carboxylic acids is 2. The van der Waals surface area contributed by atoms with Crippen molar-refractivity contribution in [2.24, 2.45) is 5.73 Å². The first kappa shape index (κ1) is 24.7. The summed E-state index contributed by atoms with van der Waals surface area (Å²) in [7, 11) is 0. The van der Waals surface area contributed by atoms with Crippen molar-refractivity contribution in [2.75, 3.05) is 13.1 Å². The van der Waals surface area contributed by atoms with Crippen molar-refractivity contribution in [2.45, 2.75) is 38.0 Å². The van der Waals surface area contributed by atoms with Crippen LogP contribution in [0.5, 0.6) is 0 Å². The zero-order valence-corrected chi connectivity index (χ0v) is 17.8. The molecule has 3 amide bonds. The standard InChI is InChI=1S/C23H30N4O5/c24-20(12-7-13-25-22(29)30)21(28)26-15-19(14-17-8-3-1-4-9-17)27-23(31)32-16-18-10-5-2-6-11-18/h1-6,8-11,19-20,25H,7,12-16,24H2,(H,26,28)(H,27,31)(H,29,30)/t19-,20-/m1/s1. The van der Waals surface area contributed by atoms with Crippen LogP contribution in [-0.4, -0.2) is 48.4 Å². The van der Waals surface area contributed by atoms with Crippen LogP contribution in [0.3, 0.4) is 0 Å². The van der Waals surface area contributed by atoms with E-state index in [9.17, 15) is 14.4 Å². The molecule has 2 aromatic carbocycles. The number of alkyl carbamates (subject to hydrolysis) is 1. The number of carbonyl (C=O) groups is 3. The lowest BCUT2D eigenvalue weighted by atomic mass is 10.1. The van der Waals surface area contributed by atoms with E-state index >= 15 is 0 Å². The molecule has 0 fully saturated rings. The topological polar surface area (TPSA) is 143 Å². The minimum absolute atomic E-state index is 0.145. The molecular formula is C23H30N4O5. The first-order valence-corrected chi connectivity index (χ1v) is 10.4. The summed E-state index contributed by atoms with van der Waals surface area (Å²) in [6.07, 6.45) is -0.412. The number of hydrogen-bond donors (Lipinski definition) is 5. The number of rotatable bonds is 12. The second-order valence-electron chi connectivity index (χ2n) is 7.32. The average molecular weight is 443 g/mol. The average Bonchev–Trinajstić information content (AvgIpc) is 2.79. The summed E-state index contributed by atoms with van der Waals surface area (Å²) in [6, 6.07) is 17.8. The second kappa shape index (κ2) is 13.7. The van der Waals surface area contributed by atoms with Gasteiger partial charge in [0.15, 0.2) is 0 Å². The highest BCUT2D eigenvalue weighted by atomic mass is 16.5. The first-order valence-electron chi connectivity index (χ1n) is 10.4. The van der Waals surface area contributed by atoms with Crippen molar-refractivity contribution in [1.82, 2.24) is 16.0 Å². The number of hydrogen-bond acceptors (Lipinski definition) is 5. The van der Waals surface area contributed by atoms with Crippen LogP contribution in [0.25, 0.3) is 0 Å². The van der Waals surface area contributed by atoms with Crippen LogP contribution in [0.4, 0.5) is 9.59 Å². The van der Waals surface area contributed by atoms with E-state index in [-0.39, 0.29) is 25.6 Å². The predicted molar refractivity (Wildman–Crippen MR) is 120 cm³/mol. The van der Waals surface area contributed by atoms with Gasteiger partial charge in [-0.3, -0.25) is 4.79 Å². The Bertz CT molecular complexity index is 848. The minimum Gasteiger partial charge on any atom is -0.465 e. The third-order valence-corrected chi connectivity index (χ3v) is 4.69. The van der Waals surface area contributed by atoms with Gasteiger partial charge in [-0.15, -0.1) is 0 Å². The lowest BCUT2D eigenvalue weighted by Crippen LogP contribution is -2.49.